The molecule has 6 heteroatoms. The van der Waals surface area contributed by atoms with Gasteiger partial charge in [-0.25, -0.2) is 13.1 Å². The molecule has 0 heterocycles. The topological polar surface area (TPSA) is 46.2 Å². The number of nitrogens with one attached hydrogen (secondary N) is 1. The lowest BCUT2D eigenvalue weighted by molar-refractivity contribution is 0.587. The molecule has 0 bridgehead atoms. The highest BCUT2D eigenvalue weighted by molar-refractivity contribution is 7.88. The highest BCUT2D eigenvalue weighted by Gasteiger charge is 2.14. The number of rotatable bonds is 3. The van der Waals surface area contributed by atoms with E-state index in [2.05, 4.69) is 4.72 Å². The molecule has 0 amide bonds. The van der Waals surface area contributed by atoms with E-state index in [1.807, 2.05) is 0 Å². The van der Waals surface area contributed by atoms with Gasteiger partial charge in [0.2, 0.25) is 10.0 Å². The maximum absolute atomic E-state index is 11.2. The zero-order valence-electron chi connectivity index (χ0n) is 7.42. The predicted molar refractivity (Wildman–Crippen MR) is 58.1 cm³/mol. The SMILES string of the molecule is CNS(=O)(=O)Cc1c(Cl)cccc1Cl. The van der Waals surface area contributed by atoms with E-state index in [0.717, 1.165) is 0 Å². The van der Waals surface area contributed by atoms with Gasteiger partial charge < -0.3 is 0 Å². The van der Waals surface area contributed by atoms with Crippen molar-refractivity contribution in [2.24, 2.45) is 0 Å². The standard InChI is InChI=1S/C8H9Cl2NO2S/c1-11-14(12,13)5-6-7(9)3-2-4-8(6)10/h2-4,11H,5H2,1H3. The molecule has 0 aromatic heterocycles. The number of sulfonamides is 1. The van der Waals surface area contributed by atoms with Gasteiger partial charge in [0.1, 0.15) is 0 Å². The first kappa shape index (κ1) is 11.8. The molecule has 0 aliphatic heterocycles. The Kier molecular flexibility index (Phi) is 3.78. The molecule has 14 heavy (non-hydrogen) atoms. The normalized spacial score (nSPS) is 11.6. The van der Waals surface area contributed by atoms with Crippen molar-refractivity contribution in [3.8, 4) is 0 Å². The summed E-state index contributed by atoms with van der Waals surface area (Å²) in [6.07, 6.45) is 0. The molecule has 1 rings (SSSR count). The second-order valence-electron chi connectivity index (χ2n) is 2.66. The van der Waals surface area contributed by atoms with Gasteiger partial charge in [-0.1, -0.05) is 29.3 Å². The van der Waals surface area contributed by atoms with Gasteiger partial charge in [-0.2, -0.15) is 0 Å². The smallest absolute Gasteiger partial charge is 0.215 e. The Balaban J connectivity index is 3.09. The molecule has 0 fully saturated rings. The van der Waals surface area contributed by atoms with Gasteiger partial charge in [0, 0.05) is 15.6 Å². The third-order valence-corrected chi connectivity index (χ3v) is 3.71. The molecule has 0 saturated carbocycles. The number of hydrogen-bond donors (Lipinski definition) is 1. The molecule has 0 unspecified atom stereocenters. The molecule has 0 saturated heterocycles. The van der Waals surface area contributed by atoms with Crippen LogP contribution in [0.4, 0.5) is 0 Å². The second-order valence-corrected chi connectivity index (χ2v) is 5.40. The maximum Gasteiger partial charge on any atom is 0.215 e. The second kappa shape index (κ2) is 4.49. The van der Waals surface area contributed by atoms with E-state index in [4.69, 9.17) is 23.2 Å². The van der Waals surface area contributed by atoms with Crippen molar-refractivity contribution in [1.82, 2.24) is 4.72 Å². The summed E-state index contributed by atoms with van der Waals surface area (Å²) in [5, 5.41) is 0.715. The molecule has 3 nitrogen and oxygen atoms in total. The lowest BCUT2D eigenvalue weighted by atomic mass is 10.2. The molecule has 1 N–H and O–H groups in total. The largest absolute Gasteiger partial charge is 0.218 e. The molecule has 0 spiro atoms. The first-order valence-electron chi connectivity index (χ1n) is 3.80. The molecule has 78 valence electrons. The number of hydrogen-bond acceptors (Lipinski definition) is 2. The van der Waals surface area contributed by atoms with Crippen molar-refractivity contribution in [3.05, 3.63) is 33.8 Å². The van der Waals surface area contributed by atoms with E-state index in [1.165, 1.54) is 7.05 Å². The summed E-state index contributed by atoms with van der Waals surface area (Å²) < 4.78 is 24.7. The summed E-state index contributed by atoms with van der Waals surface area (Å²) >= 11 is 11.6. The summed E-state index contributed by atoms with van der Waals surface area (Å²) in [4.78, 5) is 0. The minimum Gasteiger partial charge on any atom is -0.218 e. The van der Waals surface area contributed by atoms with Crippen LogP contribution in [0.25, 0.3) is 0 Å². The third-order valence-electron chi connectivity index (χ3n) is 1.71. The van der Waals surface area contributed by atoms with Crippen LogP contribution in [0.2, 0.25) is 10.0 Å². The van der Waals surface area contributed by atoms with Gasteiger partial charge >= 0.3 is 0 Å². The summed E-state index contributed by atoms with van der Waals surface area (Å²) in [5.74, 6) is -0.206. The first-order chi connectivity index (χ1) is 6.46. The van der Waals surface area contributed by atoms with Crippen molar-refractivity contribution >= 4 is 33.2 Å². The summed E-state index contributed by atoms with van der Waals surface area (Å²) in [7, 11) is -1.99. The highest BCUT2D eigenvalue weighted by Crippen LogP contribution is 2.25. The number of halogens is 2. The van der Waals surface area contributed by atoms with E-state index >= 15 is 0 Å². The van der Waals surface area contributed by atoms with Crippen molar-refractivity contribution < 1.29 is 8.42 Å². The van der Waals surface area contributed by atoms with Crippen LogP contribution < -0.4 is 4.72 Å². The Morgan fingerprint density at radius 3 is 2.21 bits per heavy atom. The first-order valence-corrected chi connectivity index (χ1v) is 6.21. The quantitative estimate of drug-likeness (QED) is 0.897. The van der Waals surface area contributed by atoms with E-state index in [1.54, 1.807) is 18.2 Å². The Bertz CT molecular complexity index is 411. The van der Waals surface area contributed by atoms with Gasteiger partial charge in [-0.3, -0.25) is 0 Å². The van der Waals surface area contributed by atoms with Crippen molar-refractivity contribution in [1.29, 1.82) is 0 Å². The van der Waals surface area contributed by atoms with Crippen LogP contribution in [0.1, 0.15) is 5.56 Å². The average molecular weight is 254 g/mol. The van der Waals surface area contributed by atoms with E-state index in [9.17, 15) is 8.42 Å². The molecule has 0 aliphatic rings. The summed E-state index contributed by atoms with van der Waals surface area (Å²) in [6.45, 7) is 0. The molecule has 0 atom stereocenters. The molecule has 1 aromatic carbocycles. The van der Waals surface area contributed by atoms with Gasteiger partial charge in [0.05, 0.1) is 5.75 Å². The molecule has 0 aliphatic carbocycles. The zero-order valence-corrected chi connectivity index (χ0v) is 9.75. The Morgan fingerprint density at radius 2 is 1.79 bits per heavy atom. The van der Waals surface area contributed by atoms with Crippen LogP contribution >= 0.6 is 23.2 Å². The summed E-state index contributed by atoms with van der Waals surface area (Å²) in [5.41, 5.74) is 0.421. The van der Waals surface area contributed by atoms with Crippen LogP contribution in [0, 0.1) is 0 Å². The molecule has 0 radical (unpaired) electrons. The van der Waals surface area contributed by atoms with Crippen LogP contribution in [-0.4, -0.2) is 15.5 Å². The fraction of sp³-hybridized carbons (Fsp3) is 0.250. The highest BCUT2D eigenvalue weighted by atomic mass is 35.5. The van der Waals surface area contributed by atoms with Crippen LogP contribution in [-0.2, 0) is 15.8 Å². The monoisotopic (exact) mass is 253 g/mol. The average Bonchev–Trinajstić information content (AvgIpc) is 2.12. The van der Waals surface area contributed by atoms with Gasteiger partial charge in [-0.05, 0) is 19.2 Å². The minimum absolute atomic E-state index is 0.206. The number of benzene rings is 1. The van der Waals surface area contributed by atoms with Crippen molar-refractivity contribution in [2.75, 3.05) is 7.05 Å². The van der Waals surface area contributed by atoms with E-state index < -0.39 is 10.0 Å². The van der Waals surface area contributed by atoms with E-state index in [0.29, 0.717) is 15.6 Å². The van der Waals surface area contributed by atoms with Crippen LogP contribution in [0.5, 0.6) is 0 Å². The Hall–Kier alpha value is -0.290. The van der Waals surface area contributed by atoms with E-state index in [-0.39, 0.29) is 5.75 Å². The predicted octanol–water partition coefficient (Wildman–Crippen LogP) is 2.04. The Morgan fingerprint density at radius 1 is 1.29 bits per heavy atom. The maximum atomic E-state index is 11.2. The van der Waals surface area contributed by atoms with Gasteiger partial charge in [0.25, 0.3) is 0 Å². The lowest BCUT2D eigenvalue weighted by Gasteiger charge is -2.06. The molecular weight excluding hydrogens is 245 g/mol. The van der Waals surface area contributed by atoms with Crippen LogP contribution in [0.3, 0.4) is 0 Å². The van der Waals surface area contributed by atoms with Crippen molar-refractivity contribution in [2.45, 2.75) is 5.75 Å². The lowest BCUT2D eigenvalue weighted by Crippen LogP contribution is -2.20. The van der Waals surface area contributed by atoms with Crippen molar-refractivity contribution in [3.63, 3.8) is 0 Å². The Labute approximate surface area is 93.1 Å². The third kappa shape index (κ3) is 2.85. The van der Waals surface area contributed by atoms with Gasteiger partial charge in [0.15, 0.2) is 0 Å². The summed E-state index contributed by atoms with van der Waals surface area (Å²) in [6, 6.07) is 4.88. The fourth-order valence-corrected chi connectivity index (χ4v) is 2.46. The molecular formula is C8H9Cl2NO2S. The van der Waals surface area contributed by atoms with Crippen LogP contribution in [0.15, 0.2) is 18.2 Å². The fourth-order valence-electron chi connectivity index (χ4n) is 0.932. The minimum atomic E-state index is -3.34. The van der Waals surface area contributed by atoms with Gasteiger partial charge in [-0.15, -0.1) is 0 Å². The molecule has 1 aromatic rings. The zero-order chi connectivity index (χ0) is 10.8.